The first-order valence-electron chi connectivity index (χ1n) is 16.5. The van der Waals surface area contributed by atoms with E-state index >= 15 is 4.39 Å². The number of rotatable bonds is 5. The maximum absolute atomic E-state index is 15.1. The summed E-state index contributed by atoms with van der Waals surface area (Å²) in [6.07, 6.45) is 10.9. The highest BCUT2D eigenvalue weighted by atomic mass is 19.1. The summed E-state index contributed by atoms with van der Waals surface area (Å²) in [5, 5.41) is 12.3. The predicted octanol–water partition coefficient (Wildman–Crippen LogP) is 6.01. The van der Waals surface area contributed by atoms with Gasteiger partial charge in [-0.3, -0.25) is 9.88 Å². The average Bonchev–Trinajstić information content (AvgIpc) is 3.96. The Morgan fingerprint density at radius 2 is 2.06 bits per heavy atom. The number of halogens is 3. The number of anilines is 1. The molecular weight excluding hydrogens is 619 g/mol. The van der Waals surface area contributed by atoms with Crippen molar-refractivity contribution in [1.29, 1.82) is 0 Å². The van der Waals surface area contributed by atoms with Crippen LogP contribution in [0.15, 0.2) is 42.4 Å². The van der Waals surface area contributed by atoms with Crippen molar-refractivity contribution in [3.05, 3.63) is 59.3 Å². The Hall–Kier alpha value is -4.40. The van der Waals surface area contributed by atoms with Gasteiger partial charge < -0.3 is 19.5 Å². The number of terminal acetylenes is 1. The van der Waals surface area contributed by atoms with E-state index in [1.807, 2.05) is 11.8 Å². The molecule has 5 heterocycles. The topological polar surface area (TPSA) is 83.8 Å². The summed E-state index contributed by atoms with van der Waals surface area (Å²) in [6, 6.07) is 5.67. The lowest BCUT2D eigenvalue weighted by Crippen LogP contribution is -2.49. The summed E-state index contributed by atoms with van der Waals surface area (Å²) < 4.78 is 56.1. The van der Waals surface area contributed by atoms with Gasteiger partial charge in [-0.1, -0.05) is 12.0 Å². The van der Waals surface area contributed by atoms with E-state index in [1.54, 1.807) is 12.3 Å². The largest absolute Gasteiger partial charge is 0.508 e. The monoisotopic (exact) mass is 653 g/mol. The van der Waals surface area contributed by atoms with Crippen LogP contribution in [0.1, 0.15) is 36.8 Å². The van der Waals surface area contributed by atoms with Crippen LogP contribution in [-0.2, 0) is 4.74 Å². The molecule has 0 unspecified atom stereocenters. The van der Waals surface area contributed by atoms with Gasteiger partial charge in [0, 0.05) is 41.7 Å². The van der Waals surface area contributed by atoms with Crippen molar-refractivity contribution in [2.24, 2.45) is 11.3 Å². The van der Waals surface area contributed by atoms with Crippen LogP contribution in [-0.4, -0.2) is 82.2 Å². The van der Waals surface area contributed by atoms with E-state index in [2.05, 4.69) is 10.8 Å². The molecule has 0 amide bonds. The van der Waals surface area contributed by atoms with Gasteiger partial charge in [0.2, 0.25) is 0 Å². The van der Waals surface area contributed by atoms with Crippen LogP contribution in [0, 0.1) is 36.4 Å². The molecule has 5 fully saturated rings. The van der Waals surface area contributed by atoms with Crippen LogP contribution < -0.4 is 9.64 Å². The molecule has 3 aliphatic heterocycles. The van der Waals surface area contributed by atoms with Gasteiger partial charge >= 0.3 is 6.01 Å². The number of hydrogen-bond acceptors (Lipinski definition) is 8. The maximum atomic E-state index is 15.1. The lowest BCUT2D eigenvalue weighted by molar-refractivity contribution is 0.0649. The average molecular weight is 654 g/mol. The zero-order chi connectivity index (χ0) is 32.9. The molecule has 1 spiro atoms. The molecule has 246 valence electrons. The van der Waals surface area contributed by atoms with E-state index in [9.17, 15) is 13.9 Å². The summed E-state index contributed by atoms with van der Waals surface area (Å²) in [7, 11) is 0. The third-order valence-electron chi connectivity index (χ3n) is 11.7. The summed E-state index contributed by atoms with van der Waals surface area (Å²) >= 11 is 0. The Bertz CT molecular complexity index is 2090. The Kier molecular flexibility index (Phi) is 6.53. The Morgan fingerprint density at radius 3 is 2.85 bits per heavy atom. The Morgan fingerprint density at radius 1 is 1.21 bits per heavy atom. The second kappa shape index (κ2) is 10.5. The van der Waals surface area contributed by atoms with Gasteiger partial charge in [0.15, 0.2) is 0 Å². The van der Waals surface area contributed by atoms with Gasteiger partial charge in [-0.25, -0.2) is 13.2 Å². The number of alkyl halides is 1. The highest BCUT2D eigenvalue weighted by Gasteiger charge is 2.67. The number of phenolic OH excluding ortho intramolecular Hbond substituents is 1. The van der Waals surface area contributed by atoms with Crippen molar-refractivity contribution in [3.8, 4) is 35.4 Å². The van der Waals surface area contributed by atoms with Gasteiger partial charge in [-0.15, -0.1) is 6.42 Å². The van der Waals surface area contributed by atoms with Crippen LogP contribution >= 0.6 is 0 Å². The third kappa shape index (κ3) is 4.21. The van der Waals surface area contributed by atoms with Crippen LogP contribution in [0.25, 0.3) is 32.9 Å². The highest BCUT2D eigenvalue weighted by Crippen LogP contribution is 2.66. The van der Waals surface area contributed by atoms with E-state index in [4.69, 9.17) is 30.8 Å². The fraction of sp³-hybridized carbons (Fsp3) is 0.432. The number of nitrogens with zero attached hydrogens (tertiary/aromatic N) is 5. The van der Waals surface area contributed by atoms with Gasteiger partial charge in [0.05, 0.1) is 53.3 Å². The van der Waals surface area contributed by atoms with Gasteiger partial charge in [0.25, 0.3) is 0 Å². The first-order valence-corrected chi connectivity index (χ1v) is 16.5. The number of pyridine rings is 1. The molecule has 11 heteroatoms. The molecule has 8 nitrogen and oxygen atoms in total. The van der Waals surface area contributed by atoms with Crippen LogP contribution in [0.2, 0.25) is 0 Å². The molecular formula is C37H34F3N5O3. The summed E-state index contributed by atoms with van der Waals surface area (Å²) in [5.41, 5.74) is 2.69. The van der Waals surface area contributed by atoms with E-state index in [0.717, 1.165) is 37.7 Å². The standard InChI is InChI=1S/C37H34F3N5O3/c1-3-24-28(39)5-4-22-12-23(46)13-25(29(22)24)31-20(2)32-26(16-41-31)34(45-10-11-47-18-27-30(40)33(27)45)43-35(42-32)48-19-37-14-21(15-38)17-44(37)9-8-36(37)6-7-36/h1,4-5,12-13,15-16,27,30,33,46H,6-11,14,17-19H2,2H3/b21-15-/t27-,30-,33-,37-/m0/s1. The van der Waals surface area contributed by atoms with Crippen LogP contribution in [0.5, 0.6) is 11.8 Å². The highest BCUT2D eigenvalue weighted by molar-refractivity contribution is 6.04. The van der Waals surface area contributed by atoms with Gasteiger partial charge in [-0.05, 0) is 73.7 Å². The zero-order valence-electron chi connectivity index (χ0n) is 26.5. The fourth-order valence-corrected chi connectivity index (χ4v) is 8.93. The number of fused-ring (bicyclic) bond motifs is 5. The first-order chi connectivity index (χ1) is 23.3. The molecule has 2 saturated carbocycles. The van der Waals surface area contributed by atoms with E-state index < -0.39 is 12.0 Å². The lowest BCUT2D eigenvalue weighted by Gasteiger charge is -2.37. The molecule has 1 N–H and O–H groups in total. The smallest absolute Gasteiger partial charge is 0.319 e. The number of phenols is 1. The minimum absolute atomic E-state index is 0.0215. The molecule has 48 heavy (non-hydrogen) atoms. The van der Waals surface area contributed by atoms with Crippen molar-refractivity contribution >= 4 is 27.5 Å². The van der Waals surface area contributed by atoms with Crippen LogP contribution in [0.4, 0.5) is 19.0 Å². The molecule has 5 aliphatic rings. The number of aromatic hydroxyl groups is 1. The summed E-state index contributed by atoms with van der Waals surface area (Å²) in [5.74, 6) is 2.15. The Labute approximate surface area is 275 Å². The van der Waals surface area contributed by atoms with E-state index in [1.165, 1.54) is 18.2 Å². The molecule has 4 aromatic rings. The predicted molar refractivity (Wildman–Crippen MR) is 175 cm³/mol. The Balaban J connectivity index is 1.20. The normalized spacial score (nSPS) is 28.1. The first kappa shape index (κ1) is 29.7. The fourth-order valence-electron chi connectivity index (χ4n) is 8.93. The molecule has 0 bridgehead atoms. The van der Waals surface area contributed by atoms with Crippen molar-refractivity contribution in [1.82, 2.24) is 19.9 Å². The van der Waals surface area contributed by atoms with Gasteiger partial charge in [0.1, 0.15) is 30.2 Å². The number of ether oxygens (including phenoxy) is 2. The SMILES string of the molecule is C#Cc1c(F)ccc2cc(O)cc(-c3ncc4c(N5CCOC[C@H]6[C@H](F)[C@H]65)nc(OC[C@]56C/C(=C/F)CN5CCC65CC5)nc4c3C)c12. The molecule has 4 atom stereocenters. The zero-order valence-corrected chi connectivity index (χ0v) is 26.5. The number of aromatic nitrogens is 3. The minimum atomic E-state index is -1.05. The second-order valence-corrected chi connectivity index (χ2v) is 14.1. The maximum Gasteiger partial charge on any atom is 0.319 e. The van der Waals surface area contributed by atoms with Crippen molar-refractivity contribution in [3.63, 3.8) is 0 Å². The number of hydrogen-bond donors (Lipinski definition) is 1. The molecule has 2 aromatic heterocycles. The molecule has 2 aromatic carbocycles. The quantitative estimate of drug-likeness (QED) is 0.262. The van der Waals surface area contributed by atoms with Crippen molar-refractivity contribution in [2.45, 2.75) is 50.4 Å². The third-order valence-corrected chi connectivity index (χ3v) is 11.7. The molecule has 0 radical (unpaired) electrons. The van der Waals surface area contributed by atoms with Crippen molar-refractivity contribution < 1.29 is 27.8 Å². The number of benzene rings is 2. The van der Waals surface area contributed by atoms with E-state index in [0.29, 0.717) is 83.6 Å². The van der Waals surface area contributed by atoms with Gasteiger partial charge in [-0.2, -0.15) is 9.97 Å². The summed E-state index contributed by atoms with van der Waals surface area (Å²) in [4.78, 5) is 18.9. The second-order valence-electron chi connectivity index (χ2n) is 14.1. The number of aryl methyl sites for hydroxylation is 1. The van der Waals surface area contributed by atoms with Crippen molar-refractivity contribution in [2.75, 3.05) is 44.4 Å². The lowest BCUT2D eigenvalue weighted by atomic mass is 9.80. The minimum Gasteiger partial charge on any atom is -0.508 e. The molecule has 9 rings (SSSR count). The molecule has 2 aliphatic carbocycles. The summed E-state index contributed by atoms with van der Waals surface area (Å²) in [6.45, 7) is 4.83. The van der Waals surface area contributed by atoms with E-state index in [-0.39, 0.29) is 40.2 Å². The van der Waals surface area contributed by atoms with Crippen LogP contribution in [0.3, 0.4) is 0 Å². The molecule has 3 saturated heterocycles.